The topological polar surface area (TPSA) is 18.5 Å². The van der Waals surface area contributed by atoms with Gasteiger partial charge in [-0.3, -0.25) is 0 Å². The van der Waals surface area contributed by atoms with Crippen LogP contribution in [0.2, 0.25) is 5.82 Å². The minimum atomic E-state index is 0.261. The van der Waals surface area contributed by atoms with Gasteiger partial charge in [-0.2, -0.15) is 0 Å². The largest absolute Gasteiger partial charge is 0.378 e. The molecule has 3 heteroatoms. The van der Waals surface area contributed by atoms with Crippen LogP contribution < -0.4 is 0 Å². The van der Waals surface area contributed by atoms with Crippen LogP contribution in [0, 0.1) is 5.92 Å². The Morgan fingerprint density at radius 2 is 1.38 bits per heavy atom. The first-order chi connectivity index (χ1) is 7.45. The van der Waals surface area contributed by atoms with Gasteiger partial charge in [0.2, 0.25) is 0 Å². The van der Waals surface area contributed by atoms with Crippen LogP contribution in [-0.4, -0.2) is 33.3 Å². The molecule has 0 saturated heterocycles. The number of hydrogen-bond acceptors (Lipinski definition) is 2. The lowest BCUT2D eigenvalue weighted by Gasteiger charge is -2.22. The highest BCUT2D eigenvalue weighted by atomic mass is 16.5. The van der Waals surface area contributed by atoms with Crippen LogP contribution in [0.15, 0.2) is 0 Å². The maximum atomic E-state index is 5.98. The van der Waals surface area contributed by atoms with Crippen LogP contribution in [-0.2, 0) is 9.47 Å². The molecule has 0 rings (SSSR count). The van der Waals surface area contributed by atoms with Crippen molar-refractivity contribution in [2.24, 2.45) is 5.92 Å². The smallest absolute Gasteiger partial charge is 0.0699 e. The fourth-order valence-corrected chi connectivity index (χ4v) is 1.44. The summed E-state index contributed by atoms with van der Waals surface area (Å²) in [6.07, 6.45) is 2.55. The van der Waals surface area contributed by atoms with E-state index in [0.29, 0.717) is 5.92 Å². The first-order valence-corrected chi connectivity index (χ1v) is 6.44. The van der Waals surface area contributed by atoms with Gasteiger partial charge < -0.3 is 9.47 Å². The third-order valence-corrected chi connectivity index (χ3v) is 2.49. The molecule has 0 aromatic heterocycles. The van der Waals surface area contributed by atoms with Gasteiger partial charge in [0.25, 0.3) is 0 Å². The summed E-state index contributed by atoms with van der Waals surface area (Å²) in [7, 11) is 5.98. The molecule has 0 aliphatic carbocycles. The predicted octanol–water partition coefficient (Wildman–Crippen LogP) is 3.21. The zero-order valence-electron chi connectivity index (χ0n) is 11.5. The van der Waals surface area contributed by atoms with E-state index in [1.165, 1.54) is 0 Å². The lowest BCUT2D eigenvalue weighted by Crippen LogP contribution is -2.22. The van der Waals surface area contributed by atoms with E-state index in [-0.39, 0.29) is 18.0 Å². The zero-order chi connectivity index (χ0) is 12.6. The van der Waals surface area contributed by atoms with E-state index in [9.17, 15) is 0 Å². The Morgan fingerprint density at radius 1 is 0.938 bits per heavy atom. The third-order valence-electron chi connectivity index (χ3n) is 2.49. The average Bonchev–Trinajstić information content (AvgIpc) is 2.21. The summed E-state index contributed by atoms with van der Waals surface area (Å²) in [6, 6.07) is 0. The van der Waals surface area contributed by atoms with Crippen molar-refractivity contribution < 1.29 is 9.47 Å². The molecular formula is C13H27BO2. The molecule has 2 nitrogen and oxygen atoms in total. The Kier molecular flexibility index (Phi) is 9.05. The number of rotatable bonds is 9. The first-order valence-electron chi connectivity index (χ1n) is 6.44. The van der Waals surface area contributed by atoms with Crippen LogP contribution in [0.1, 0.15) is 47.5 Å². The Hall–Kier alpha value is -0.0151. The standard InChI is InChI=1S/C13H27BO2/c1-6-13(14)7-12(8-15-10(2)3)9-16-11(4)5/h10-13H,6-9H2,1-5H3/t13-/m0/s1. The van der Waals surface area contributed by atoms with E-state index in [1.54, 1.807) is 0 Å². The number of hydrogen-bond donors (Lipinski definition) is 0. The predicted molar refractivity (Wildman–Crippen MR) is 70.1 cm³/mol. The molecule has 0 fully saturated rings. The highest BCUT2D eigenvalue weighted by Crippen LogP contribution is 2.19. The SMILES string of the molecule is [B][C@@H](CC)CC(COC(C)C)COC(C)C. The van der Waals surface area contributed by atoms with Crippen molar-refractivity contribution in [2.45, 2.75) is 65.5 Å². The number of ether oxygens (including phenoxy) is 2. The second kappa shape index (κ2) is 9.06. The first kappa shape index (κ1) is 16.0. The Balaban J connectivity index is 3.94. The van der Waals surface area contributed by atoms with Crippen molar-refractivity contribution in [1.82, 2.24) is 0 Å². The van der Waals surface area contributed by atoms with Crippen molar-refractivity contribution in [3.63, 3.8) is 0 Å². The van der Waals surface area contributed by atoms with Gasteiger partial charge in [0.05, 0.1) is 33.3 Å². The van der Waals surface area contributed by atoms with Crippen molar-refractivity contribution in [2.75, 3.05) is 13.2 Å². The molecule has 0 bridgehead atoms. The van der Waals surface area contributed by atoms with Gasteiger partial charge in [-0.05, 0) is 27.7 Å². The summed E-state index contributed by atoms with van der Waals surface area (Å²) in [5, 5.41) is 0. The molecule has 0 N–H and O–H groups in total. The summed E-state index contributed by atoms with van der Waals surface area (Å²) >= 11 is 0. The summed E-state index contributed by atoms with van der Waals surface area (Å²) < 4.78 is 11.3. The fourth-order valence-electron chi connectivity index (χ4n) is 1.44. The van der Waals surface area contributed by atoms with Gasteiger partial charge >= 0.3 is 0 Å². The summed E-state index contributed by atoms with van der Waals surface area (Å²) in [5.74, 6) is 0.677. The normalized spacial score (nSPS) is 14.0. The fraction of sp³-hybridized carbons (Fsp3) is 1.00. The molecule has 2 radical (unpaired) electrons. The maximum absolute atomic E-state index is 5.98. The van der Waals surface area contributed by atoms with E-state index in [2.05, 4.69) is 34.6 Å². The molecule has 16 heavy (non-hydrogen) atoms. The maximum Gasteiger partial charge on any atom is 0.0699 e. The molecule has 94 valence electrons. The molecule has 0 aliphatic rings. The highest BCUT2D eigenvalue weighted by Gasteiger charge is 2.14. The Morgan fingerprint density at radius 3 is 1.69 bits per heavy atom. The summed E-state index contributed by atoms with van der Waals surface area (Å²) in [6.45, 7) is 11.8. The van der Waals surface area contributed by atoms with Crippen LogP contribution in [0.4, 0.5) is 0 Å². The minimum absolute atomic E-state index is 0.261. The molecule has 0 aromatic carbocycles. The molecule has 0 unspecified atom stereocenters. The lowest BCUT2D eigenvalue weighted by atomic mass is 9.78. The van der Waals surface area contributed by atoms with Gasteiger partial charge in [-0.25, -0.2) is 0 Å². The summed E-state index contributed by atoms with van der Waals surface area (Å²) in [5.41, 5.74) is 0. The average molecular weight is 226 g/mol. The molecule has 1 atom stereocenters. The molecule has 0 aliphatic heterocycles. The van der Waals surface area contributed by atoms with Crippen LogP contribution in [0.3, 0.4) is 0 Å². The van der Waals surface area contributed by atoms with Gasteiger partial charge in [0.1, 0.15) is 0 Å². The highest BCUT2D eigenvalue weighted by molar-refractivity contribution is 6.11. The van der Waals surface area contributed by atoms with Gasteiger partial charge in [0, 0.05) is 5.92 Å². The Labute approximate surface area is 102 Å². The Bertz CT molecular complexity index is 148. The molecule has 0 spiro atoms. The van der Waals surface area contributed by atoms with Gasteiger partial charge in [-0.15, -0.1) is 0 Å². The van der Waals surface area contributed by atoms with Crippen molar-refractivity contribution >= 4 is 7.85 Å². The van der Waals surface area contributed by atoms with Crippen molar-refractivity contribution in [1.29, 1.82) is 0 Å². The zero-order valence-corrected chi connectivity index (χ0v) is 11.5. The van der Waals surface area contributed by atoms with Gasteiger partial charge in [0.15, 0.2) is 0 Å². The molecule has 0 aromatic rings. The van der Waals surface area contributed by atoms with Gasteiger partial charge in [-0.1, -0.05) is 25.6 Å². The minimum Gasteiger partial charge on any atom is -0.378 e. The van der Waals surface area contributed by atoms with E-state index in [1.807, 2.05) is 0 Å². The molecule has 0 heterocycles. The van der Waals surface area contributed by atoms with Crippen LogP contribution in [0.5, 0.6) is 0 Å². The quantitative estimate of drug-likeness (QED) is 0.562. The van der Waals surface area contributed by atoms with E-state index >= 15 is 0 Å². The second-order valence-corrected chi connectivity index (χ2v) is 5.03. The van der Waals surface area contributed by atoms with Crippen molar-refractivity contribution in [3.05, 3.63) is 0 Å². The second-order valence-electron chi connectivity index (χ2n) is 5.03. The van der Waals surface area contributed by atoms with E-state index < -0.39 is 0 Å². The third kappa shape index (κ3) is 9.23. The lowest BCUT2D eigenvalue weighted by molar-refractivity contribution is -0.00615. The van der Waals surface area contributed by atoms with Crippen LogP contribution >= 0.6 is 0 Å². The molecular weight excluding hydrogens is 199 g/mol. The van der Waals surface area contributed by atoms with E-state index in [4.69, 9.17) is 17.3 Å². The van der Waals surface area contributed by atoms with Crippen molar-refractivity contribution in [3.8, 4) is 0 Å². The molecule has 0 amide bonds. The summed E-state index contributed by atoms with van der Waals surface area (Å²) in [4.78, 5) is 0. The van der Waals surface area contributed by atoms with Crippen LogP contribution in [0.25, 0.3) is 0 Å². The molecule has 0 saturated carbocycles. The monoisotopic (exact) mass is 226 g/mol. The van der Waals surface area contributed by atoms with E-state index in [0.717, 1.165) is 26.1 Å².